The van der Waals surface area contributed by atoms with Gasteiger partial charge in [-0.3, -0.25) is 23.6 Å². The van der Waals surface area contributed by atoms with E-state index in [0.29, 0.717) is 28.5 Å². The van der Waals surface area contributed by atoms with Crippen LogP contribution in [0.25, 0.3) is 11.2 Å². The highest BCUT2D eigenvalue weighted by atomic mass is 16.5. The number of aryl methyl sites for hydroxylation is 2. The number of nitrogens with one attached hydrogen (secondary N) is 1. The maximum Gasteiger partial charge on any atom is 0.332 e. The Morgan fingerprint density at radius 1 is 1.03 bits per heavy atom. The molecule has 0 bridgehead atoms. The lowest BCUT2D eigenvalue weighted by molar-refractivity contribution is -0.122. The Morgan fingerprint density at radius 2 is 1.76 bits per heavy atom. The molecule has 1 unspecified atom stereocenters. The zero-order valence-corrected chi connectivity index (χ0v) is 19.2. The summed E-state index contributed by atoms with van der Waals surface area (Å²) in [6.07, 6.45) is -0.484. The van der Waals surface area contributed by atoms with Crippen LogP contribution in [0.3, 0.4) is 0 Å². The van der Waals surface area contributed by atoms with E-state index in [-0.39, 0.29) is 17.2 Å². The monoisotopic (exact) mass is 453 g/mol. The smallest absolute Gasteiger partial charge is 0.332 e. The molecule has 2 aromatic heterocycles. The van der Waals surface area contributed by atoms with Gasteiger partial charge in [0.25, 0.3) is 11.5 Å². The first-order valence-corrected chi connectivity index (χ1v) is 10.9. The molecule has 174 valence electrons. The summed E-state index contributed by atoms with van der Waals surface area (Å²) in [5, 5.41) is 2.90. The third kappa shape index (κ3) is 3.48. The summed E-state index contributed by atoms with van der Waals surface area (Å²) in [5.74, 6) is 1.24. The number of imidazole rings is 1. The van der Waals surface area contributed by atoms with Gasteiger partial charge in [0.2, 0.25) is 5.95 Å². The van der Waals surface area contributed by atoms with E-state index >= 15 is 0 Å². The second kappa shape index (κ2) is 7.77. The number of rotatable bonds is 3. The van der Waals surface area contributed by atoms with Gasteiger partial charge in [-0.2, -0.15) is 4.98 Å². The van der Waals surface area contributed by atoms with Gasteiger partial charge in [0.1, 0.15) is 5.75 Å². The standard InChI is InChI=1S/C22H27N7O4/c1-13-19(30)23-15-11-14(5-6-16(15)33-13)12-28-7-9-29(10-8-28)21-24-18-17(25(21)2)20(31)27(4)22(32)26(18)3/h5-6,11,13H,7-10,12H2,1-4H3,(H,23,30). The van der Waals surface area contributed by atoms with Gasteiger partial charge in [0, 0.05) is 53.9 Å². The van der Waals surface area contributed by atoms with Crippen LogP contribution in [0.1, 0.15) is 12.5 Å². The summed E-state index contributed by atoms with van der Waals surface area (Å²) in [4.78, 5) is 45.9. The van der Waals surface area contributed by atoms with Gasteiger partial charge >= 0.3 is 5.69 Å². The number of carbonyl (C=O) groups excluding carboxylic acids is 1. The molecule has 1 amide bonds. The largest absolute Gasteiger partial charge is 0.479 e. The van der Waals surface area contributed by atoms with Gasteiger partial charge in [0.15, 0.2) is 17.3 Å². The topological polar surface area (TPSA) is 107 Å². The minimum absolute atomic E-state index is 0.136. The maximum absolute atomic E-state index is 12.6. The van der Waals surface area contributed by atoms with E-state index in [9.17, 15) is 14.4 Å². The van der Waals surface area contributed by atoms with Gasteiger partial charge in [0.05, 0.1) is 5.69 Å². The van der Waals surface area contributed by atoms with Crippen LogP contribution in [-0.4, -0.2) is 61.8 Å². The number of carbonyl (C=O) groups is 1. The van der Waals surface area contributed by atoms with Crippen LogP contribution in [0.2, 0.25) is 0 Å². The van der Waals surface area contributed by atoms with Gasteiger partial charge < -0.3 is 19.5 Å². The average molecular weight is 454 g/mol. The Kier molecular flexibility index (Phi) is 5.00. The Balaban J connectivity index is 1.31. The number of aromatic nitrogens is 4. The number of piperazine rings is 1. The van der Waals surface area contributed by atoms with Crippen molar-refractivity contribution in [1.29, 1.82) is 0 Å². The fourth-order valence-corrected chi connectivity index (χ4v) is 4.51. The number of ether oxygens (including phenoxy) is 1. The zero-order valence-electron chi connectivity index (χ0n) is 19.2. The van der Waals surface area contributed by atoms with Crippen LogP contribution >= 0.6 is 0 Å². The van der Waals surface area contributed by atoms with Crippen molar-refractivity contribution in [2.75, 3.05) is 36.4 Å². The molecule has 33 heavy (non-hydrogen) atoms. The lowest BCUT2D eigenvalue weighted by atomic mass is 10.1. The highest BCUT2D eigenvalue weighted by molar-refractivity contribution is 5.97. The summed E-state index contributed by atoms with van der Waals surface area (Å²) in [7, 11) is 4.92. The third-order valence-electron chi connectivity index (χ3n) is 6.49. The molecule has 3 aromatic rings. The molecule has 1 N–H and O–H groups in total. The third-order valence-corrected chi connectivity index (χ3v) is 6.49. The molecule has 2 aliphatic rings. The van der Waals surface area contributed by atoms with Crippen LogP contribution in [-0.2, 0) is 32.5 Å². The molecule has 0 aliphatic carbocycles. The first kappa shape index (κ1) is 21.3. The normalized spacial score (nSPS) is 18.8. The van der Waals surface area contributed by atoms with E-state index in [1.165, 1.54) is 11.6 Å². The van der Waals surface area contributed by atoms with Crippen LogP contribution in [0, 0.1) is 0 Å². The van der Waals surface area contributed by atoms with Crippen molar-refractivity contribution in [1.82, 2.24) is 23.6 Å². The summed E-state index contributed by atoms with van der Waals surface area (Å²) in [5.41, 5.74) is 1.90. The Hall–Kier alpha value is -3.60. The molecule has 2 aliphatic heterocycles. The molecule has 1 aromatic carbocycles. The number of hydrogen-bond acceptors (Lipinski definition) is 7. The number of fused-ring (bicyclic) bond motifs is 2. The fourth-order valence-electron chi connectivity index (χ4n) is 4.51. The molecule has 5 rings (SSSR count). The molecule has 1 fully saturated rings. The van der Waals surface area contributed by atoms with Gasteiger partial charge in [-0.25, -0.2) is 4.79 Å². The molecule has 1 atom stereocenters. The van der Waals surface area contributed by atoms with Crippen molar-refractivity contribution in [3.63, 3.8) is 0 Å². The number of anilines is 2. The number of benzene rings is 1. The summed E-state index contributed by atoms with van der Waals surface area (Å²) in [6.45, 7) is 5.60. The van der Waals surface area contributed by atoms with Gasteiger partial charge in [-0.15, -0.1) is 0 Å². The van der Waals surface area contributed by atoms with Crippen molar-refractivity contribution >= 4 is 28.7 Å². The first-order chi connectivity index (χ1) is 15.7. The molecule has 0 saturated carbocycles. The van der Waals surface area contributed by atoms with E-state index in [2.05, 4.69) is 20.1 Å². The lowest BCUT2D eigenvalue weighted by Gasteiger charge is -2.35. The average Bonchev–Trinajstić information content (AvgIpc) is 3.15. The predicted octanol–water partition coefficient (Wildman–Crippen LogP) is 0.0123. The number of nitrogens with zero attached hydrogens (tertiary/aromatic N) is 6. The molecule has 1 saturated heterocycles. The van der Waals surface area contributed by atoms with E-state index in [1.807, 2.05) is 25.2 Å². The van der Waals surface area contributed by atoms with E-state index < -0.39 is 6.10 Å². The van der Waals surface area contributed by atoms with Crippen LogP contribution < -0.4 is 26.2 Å². The van der Waals surface area contributed by atoms with E-state index in [4.69, 9.17) is 4.74 Å². The Morgan fingerprint density at radius 3 is 2.48 bits per heavy atom. The van der Waals surface area contributed by atoms with Crippen LogP contribution in [0.4, 0.5) is 11.6 Å². The highest BCUT2D eigenvalue weighted by Gasteiger charge is 2.26. The molecule has 11 heteroatoms. The first-order valence-electron chi connectivity index (χ1n) is 10.9. The molecule has 0 spiro atoms. The second-order valence-corrected chi connectivity index (χ2v) is 8.69. The fraction of sp³-hybridized carbons (Fsp3) is 0.455. The SMILES string of the molecule is CC1Oc2ccc(CN3CCN(c4nc5c(c(=O)n(C)c(=O)n5C)n4C)CC3)cc2NC1=O. The molecule has 11 nitrogen and oxygen atoms in total. The van der Waals surface area contributed by atoms with Crippen molar-refractivity contribution in [2.45, 2.75) is 19.6 Å². The summed E-state index contributed by atoms with van der Waals surface area (Å²) >= 11 is 0. The highest BCUT2D eigenvalue weighted by Crippen LogP contribution is 2.31. The van der Waals surface area contributed by atoms with Crippen LogP contribution in [0.5, 0.6) is 5.75 Å². The maximum atomic E-state index is 12.6. The van der Waals surface area contributed by atoms with Crippen LogP contribution in [0.15, 0.2) is 27.8 Å². The van der Waals surface area contributed by atoms with Crippen molar-refractivity contribution in [3.8, 4) is 5.75 Å². The molecule has 0 radical (unpaired) electrons. The van der Waals surface area contributed by atoms with Gasteiger partial charge in [-0.1, -0.05) is 6.07 Å². The Labute approximate surface area is 189 Å². The minimum Gasteiger partial charge on any atom is -0.479 e. The molecule has 4 heterocycles. The Bertz CT molecular complexity index is 1380. The summed E-state index contributed by atoms with van der Waals surface area (Å²) in [6, 6.07) is 5.89. The minimum atomic E-state index is -0.484. The molecular weight excluding hydrogens is 426 g/mol. The van der Waals surface area contributed by atoms with E-state index in [1.54, 1.807) is 18.5 Å². The van der Waals surface area contributed by atoms with Crippen molar-refractivity contribution in [3.05, 3.63) is 44.6 Å². The zero-order chi connectivity index (χ0) is 23.4. The van der Waals surface area contributed by atoms with Gasteiger partial charge in [-0.05, 0) is 24.6 Å². The predicted molar refractivity (Wildman–Crippen MR) is 124 cm³/mol. The number of hydrogen-bond donors (Lipinski definition) is 1. The van der Waals surface area contributed by atoms with Crippen molar-refractivity contribution < 1.29 is 9.53 Å². The quantitative estimate of drug-likeness (QED) is 0.596. The number of amides is 1. The second-order valence-electron chi connectivity index (χ2n) is 8.69. The van der Waals surface area contributed by atoms with Crippen molar-refractivity contribution in [2.24, 2.45) is 21.1 Å². The summed E-state index contributed by atoms with van der Waals surface area (Å²) < 4.78 is 9.93. The molecular formula is C22H27N7O4. The van der Waals surface area contributed by atoms with E-state index in [0.717, 1.165) is 42.9 Å². The lowest BCUT2D eigenvalue weighted by Crippen LogP contribution is -2.46.